The standard InChI is InChI=1S/C13H18Cl2N2O/c1-3-8(4-2)7-17-13(18)9-5-10(14)12(15)11(16)6-9/h5-6,8H,3-4,7,16H2,1-2H3,(H,17,18). The zero-order valence-corrected chi connectivity index (χ0v) is 12.1. The van der Waals surface area contributed by atoms with E-state index in [0.717, 1.165) is 12.8 Å². The zero-order valence-electron chi connectivity index (χ0n) is 10.6. The number of hydrogen-bond acceptors (Lipinski definition) is 2. The van der Waals surface area contributed by atoms with Gasteiger partial charge in [-0.05, 0) is 18.1 Å². The fourth-order valence-electron chi connectivity index (χ4n) is 1.66. The molecule has 1 aromatic carbocycles. The van der Waals surface area contributed by atoms with Crippen molar-refractivity contribution in [2.24, 2.45) is 5.92 Å². The summed E-state index contributed by atoms with van der Waals surface area (Å²) < 4.78 is 0. The molecule has 0 saturated heterocycles. The Hall–Kier alpha value is -0.930. The average Bonchev–Trinajstić information content (AvgIpc) is 2.36. The fraction of sp³-hybridized carbons (Fsp3) is 0.462. The summed E-state index contributed by atoms with van der Waals surface area (Å²) in [4.78, 5) is 11.9. The molecule has 1 amide bonds. The molecule has 18 heavy (non-hydrogen) atoms. The number of nitrogens with two attached hydrogens (primary N) is 1. The summed E-state index contributed by atoms with van der Waals surface area (Å²) in [5.41, 5.74) is 6.43. The summed E-state index contributed by atoms with van der Waals surface area (Å²) in [6, 6.07) is 3.07. The maximum absolute atomic E-state index is 11.9. The number of amides is 1. The molecule has 3 nitrogen and oxygen atoms in total. The van der Waals surface area contributed by atoms with Gasteiger partial charge in [0.2, 0.25) is 0 Å². The maximum Gasteiger partial charge on any atom is 0.251 e. The van der Waals surface area contributed by atoms with E-state index < -0.39 is 0 Å². The lowest BCUT2D eigenvalue weighted by molar-refractivity contribution is 0.0946. The molecule has 0 aliphatic carbocycles. The van der Waals surface area contributed by atoms with Gasteiger partial charge in [-0.25, -0.2) is 0 Å². The molecule has 0 fully saturated rings. The Morgan fingerprint density at radius 3 is 2.44 bits per heavy atom. The third kappa shape index (κ3) is 3.79. The molecule has 0 aliphatic rings. The summed E-state index contributed by atoms with van der Waals surface area (Å²) >= 11 is 11.7. The van der Waals surface area contributed by atoms with Gasteiger partial charge in [-0.15, -0.1) is 0 Å². The molecular weight excluding hydrogens is 271 g/mol. The first-order chi connectivity index (χ1) is 8.49. The molecular formula is C13H18Cl2N2O. The van der Waals surface area contributed by atoms with Crippen molar-refractivity contribution in [3.8, 4) is 0 Å². The smallest absolute Gasteiger partial charge is 0.251 e. The zero-order chi connectivity index (χ0) is 13.7. The van der Waals surface area contributed by atoms with E-state index in [1.807, 2.05) is 0 Å². The minimum absolute atomic E-state index is 0.174. The lowest BCUT2D eigenvalue weighted by atomic mass is 10.0. The SMILES string of the molecule is CCC(CC)CNC(=O)c1cc(N)c(Cl)c(Cl)c1. The molecule has 5 heteroatoms. The lowest BCUT2D eigenvalue weighted by Crippen LogP contribution is -2.29. The first-order valence-corrected chi connectivity index (χ1v) is 6.77. The van der Waals surface area contributed by atoms with Gasteiger partial charge in [-0.1, -0.05) is 49.9 Å². The Bertz CT molecular complexity index is 408. The van der Waals surface area contributed by atoms with Crippen LogP contribution in [0.15, 0.2) is 12.1 Å². The van der Waals surface area contributed by atoms with Crippen molar-refractivity contribution in [1.82, 2.24) is 5.32 Å². The lowest BCUT2D eigenvalue weighted by Gasteiger charge is -2.13. The molecule has 1 rings (SSSR count). The number of carbonyl (C=O) groups is 1. The van der Waals surface area contributed by atoms with E-state index in [0.29, 0.717) is 28.7 Å². The number of carbonyl (C=O) groups excluding carboxylic acids is 1. The number of nitrogens with one attached hydrogen (secondary N) is 1. The summed E-state index contributed by atoms with van der Waals surface area (Å²) in [6.45, 7) is 4.88. The summed E-state index contributed by atoms with van der Waals surface area (Å²) in [7, 11) is 0. The van der Waals surface area contributed by atoms with Gasteiger partial charge in [0.1, 0.15) is 0 Å². The third-order valence-electron chi connectivity index (χ3n) is 3.02. The fourth-order valence-corrected chi connectivity index (χ4v) is 1.99. The molecule has 0 spiro atoms. The van der Waals surface area contributed by atoms with Crippen LogP contribution in [0.3, 0.4) is 0 Å². The van der Waals surface area contributed by atoms with Crippen LogP contribution in [0.4, 0.5) is 5.69 Å². The highest BCUT2D eigenvalue weighted by atomic mass is 35.5. The van der Waals surface area contributed by atoms with Crippen molar-refractivity contribution in [1.29, 1.82) is 0 Å². The molecule has 0 aromatic heterocycles. The number of nitrogen functional groups attached to an aromatic ring is 1. The van der Waals surface area contributed by atoms with Crippen molar-refractivity contribution < 1.29 is 4.79 Å². The predicted molar refractivity (Wildman–Crippen MR) is 77.3 cm³/mol. The summed E-state index contributed by atoms with van der Waals surface area (Å²) in [5, 5.41) is 3.46. The van der Waals surface area contributed by atoms with E-state index in [4.69, 9.17) is 28.9 Å². The molecule has 0 saturated carbocycles. The second-order valence-electron chi connectivity index (χ2n) is 4.25. The molecule has 3 N–H and O–H groups in total. The van der Waals surface area contributed by atoms with Crippen LogP contribution in [-0.2, 0) is 0 Å². The van der Waals surface area contributed by atoms with Gasteiger partial charge in [0, 0.05) is 12.1 Å². The van der Waals surface area contributed by atoms with E-state index in [1.165, 1.54) is 12.1 Å². The number of benzene rings is 1. The second-order valence-corrected chi connectivity index (χ2v) is 5.04. The van der Waals surface area contributed by atoms with Crippen LogP contribution in [0.2, 0.25) is 10.0 Å². The molecule has 0 heterocycles. The topological polar surface area (TPSA) is 55.1 Å². The van der Waals surface area contributed by atoms with Crippen LogP contribution in [0.1, 0.15) is 37.0 Å². The molecule has 100 valence electrons. The Morgan fingerprint density at radius 2 is 1.94 bits per heavy atom. The van der Waals surface area contributed by atoms with Crippen LogP contribution >= 0.6 is 23.2 Å². The largest absolute Gasteiger partial charge is 0.397 e. The first kappa shape index (κ1) is 15.1. The maximum atomic E-state index is 11.9. The predicted octanol–water partition coefficient (Wildman–Crippen LogP) is 3.74. The van der Waals surface area contributed by atoms with Gasteiger partial charge in [0.05, 0.1) is 15.7 Å². The quantitative estimate of drug-likeness (QED) is 0.811. The number of anilines is 1. The molecule has 1 aromatic rings. The highest BCUT2D eigenvalue weighted by molar-refractivity contribution is 6.43. The minimum Gasteiger partial charge on any atom is -0.397 e. The Kier molecular flexibility index (Phi) is 5.76. The normalized spacial score (nSPS) is 10.7. The van der Waals surface area contributed by atoms with E-state index in [9.17, 15) is 4.79 Å². The summed E-state index contributed by atoms with van der Waals surface area (Å²) in [6.07, 6.45) is 2.08. The molecule has 0 aliphatic heterocycles. The van der Waals surface area contributed by atoms with Crippen LogP contribution in [0, 0.1) is 5.92 Å². The molecule has 0 atom stereocenters. The number of halogens is 2. The number of rotatable bonds is 5. The highest BCUT2D eigenvalue weighted by Gasteiger charge is 2.12. The summed E-state index contributed by atoms with van der Waals surface area (Å²) in [5.74, 6) is 0.321. The second kappa shape index (κ2) is 6.86. The Labute approximate surface area is 118 Å². The van der Waals surface area contributed by atoms with Crippen LogP contribution in [-0.4, -0.2) is 12.5 Å². The van der Waals surface area contributed by atoms with E-state index >= 15 is 0 Å². The molecule has 0 unspecified atom stereocenters. The van der Waals surface area contributed by atoms with E-state index in [2.05, 4.69) is 19.2 Å². The van der Waals surface area contributed by atoms with Crippen LogP contribution < -0.4 is 11.1 Å². The van der Waals surface area contributed by atoms with Gasteiger partial charge in [-0.2, -0.15) is 0 Å². The Balaban J connectivity index is 2.73. The van der Waals surface area contributed by atoms with Gasteiger partial charge in [0.25, 0.3) is 5.91 Å². The first-order valence-electron chi connectivity index (χ1n) is 6.02. The van der Waals surface area contributed by atoms with Crippen molar-refractivity contribution in [2.75, 3.05) is 12.3 Å². The van der Waals surface area contributed by atoms with Crippen molar-refractivity contribution in [3.05, 3.63) is 27.7 Å². The monoisotopic (exact) mass is 288 g/mol. The number of hydrogen-bond donors (Lipinski definition) is 2. The highest BCUT2D eigenvalue weighted by Crippen LogP contribution is 2.29. The van der Waals surface area contributed by atoms with Crippen LogP contribution in [0.25, 0.3) is 0 Å². The van der Waals surface area contributed by atoms with Gasteiger partial charge >= 0.3 is 0 Å². The third-order valence-corrected chi connectivity index (χ3v) is 3.84. The molecule has 0 radical (unpaired) electrons. The van der Waals surface area contributed by atoms with Crippen molar-refractivity contribution in [3.63, 3.8) is 0 Å². The van der Waals surface area contributed by atoms with Gasteiger partial charge in [-0.3, -0.25) is 4.79 Å². The average molecular weight is 289 g/mol. The minimum atomic E-state index is -0.174. The van der Waals surface area contributed by atoms with E-state index in [-0.39, 0.29) is 10.9 Å². The van der Waals surface area contributed by atoms with Crippen molar-refractivity contribution >= 4 is 34.8 Å². The van der Waals surface area contributed by atoms with Gasteiger partial charge < -0.3 is 11.1 Å². The van der Waals surface area contributed by atoms with E-state index in [1.54, 1.807) is 0 Å². The molecule has 0 bridgehead atoms. The Morgan fingerprint density at radius 1 is 1.33 bits per heavy atom. The van der Waals surface area contributed by atoms with Crippen LogP contribution in [0.5, 0.6) is 0 Å². The van der Waals surface area contributed by atoms with Gasteiger partial charge in [0.15, 0.2) is 0 Å². The van der Waals surface area contributed by atoms with Crippen molar-refractivity contribution in [2.45, 2.75) is 26.7 Å².